The van der Waals surface area contributed by atoms with Crippen molar-refractivity contribution >= 4 is 59.1 Å². The van der Waals surface area contributed by atoms with E-state index in [-0.39, 0.29) is 126 Å². The summed E-state index contributed by atoms with van der Waals surface area (Å²) in [6.45, 7) is 6.90. The molecule has 520 valence electrons. The molecule has 96 heavy (non-hydrogen) atoms. The Bertz CT molecular complexity index is 3130. The van der Waals surface area contributed by atoms with E-state index in [4.69, 9.17) is 11.5 Å². The fraction of sp³-hybridized carbons (Fsp3) is 0.500. The monoisotopic (exact) mass is 1340 g/mol. The number of nitrogens with zero attached hydrogens (tertiary/aromatic N) is 2. The van der Waals surface area contributed by atoms with Crippen LogP contribution in [0.3, 0.4) is 0 Å². The SMILES string of the molecule is CC(C)C[C@@H]1NC(=O)[C@H](CCCN)NC(=O)[C@H](c2ccc(C(F)(F)F)cc2)NC(=O)[C@@H]2CCCN2C(=O)[C@@H](Cc2ccccc2)NC(=O)[C@H](CC(C)C)NC(=O)[C@H](CCCN)NC(=O)[C@H](c2ccc(C(F)(F)F)cc2)NC(=O)[C@@H]2CCCN2C(=O)[C@@H](Cc2ccccc2)NC1=O. The van der Waals surface area contributed by atoms with Crippen LogP contribution in [0.25, 0.3) is 0 Å². The summed E-state index contributed by atoms with van der Waals surface area (Å²) in [4.78, 5) is 151. The van der Waals surface area contributed by atoms with E-state index in [1.807, 2.05) is 0 Å². The van der Waals surface area contributed by atoms with Gasteiger partial charge in [-0.25, -0.2) is 0 Å². The van der Waals surface area contributed by atoms with Gasteiger partial charge in [0.15, 0.2) is 0 Å². The normalized spacial score (nSPS) is 24.6. The lowest BCUT2D eigenvalue weighted by molar-refractivity contribution is -0.143. The Labute approximate surface area is 553 Å². The summed E-state index contributed by atoms with van der Waals surface area (Å²) in [5.74, 6) is -9.79. The largest absolute Gasteiger partial charge is 0.416 e. The van der Waals surface area contributed by atoms with E-state index in [1.54, 1.807) is 88.4 Å². The van der Waals surface area contributed by atoms with Crippen molar-refractivity contribution in [1.82, 2.24) is 52.3 Å². The van der Waals surface area contributed by atoms with E-state index >= 15 is 9.59 Å². The second-order valence-electron chi connectivity index (χ2n) is 25.4. The van der Waals surface area contributed by atoms with Crippen LogP contribution in [0, 0.1) is 11.8 Å². The molecule has 12 N–H and O–H groups in total. The fourth-order valence-electron chi connectivity index (χ4n) is 12.1. The number of carbonyl (C=O) groups is 10. The van der Waals surface area contributed by atoms with Gasteiger partial charge in [-0.15, -0.1) is 0 Å². The summed E-state index contributed by atoms with van der Waals surface area (Å²) >= 11 is 0. The van der Waals surface area contributed by atoms with Crippen LogP contribution in [0.15, 0.2) is 109 Å². The van der Waals surface area contributed by atoms with Crippen molar-refractivity contribution < 1.29 is 74.3 Å². The van der Waals surface area contributed by atoms with Gasteiger partial charge in [-0.2, -0.15) is 26.3 Å². The van der Waals surface area contributed by atoms with Gasteiger partial charge in [0.2, 0.25) is 59.1 Å². The lowest BCUT2D eigenvalue weighted by Crippen LogP contribution is -2.60. The number of halogens is 6. The molecule has 0 saturated carbocycles. The Kier molecular flexibility index (Phi) is 26.5. The van der Waals surface area contributed by atoms with Crippen molar-refractivity contribution in [2.45, 2.75) is 178 Å². The van der Waals surface area contributed by atoms with Crippen LogP contribution in [0.5, 0.6) is 0 Å². The summed E-state index contributed by atoms with van der Waals surface area (Å²) in [5, 5.41) is 21.5. The zero-order chi connectivity index (χ0) is 70.0. The molecule has 3 saturated heterocycles. The van der Waals surface area contributed by atoms with Gasteiger partial charge >= 0.3 is 12.4 Å². The third-order valence-electron chi connectivity index (χ3n) is 17.1. The minimum absolute atomic E-state index is 0.00366. The smallest absolute Gasteiger partial charge is 0.343 e. The average Bonchev–Trinajstić information content (AvgIpc) is 1.35. The van der Waals surface area contributed by atoms with Crippen molar-refractivity contribution in [3.63, 3.8) is 0 Å². The molecule has 10 amide bonds. The highest BCUT2D eigenvalue weighted by Crippen LogP contribution is 2.33. The third kappa shape index (κ3) is 20.6. The van der Waals surface area contributed by atoms with Crippen LogP contribution in [0.2, 0.25) is 0 Å². The highest BCUT2D eigenvalue weighted by Gasteiger charge is 2.44. The van der Waals surface area contributed by atoms with Gasteiger partial charge in [0.25, 0.3) is 0 Å². The Balaban J connectivity index is 1.34. The van der Waals surface area contributed by atoms with E-state index in [2.05, 4.69) is 42.5 Å². The first-order valence-electron chi connectivity index (χ1n) is 32.4. The quantitative estimate of drug-likeness (QED) is 0.0683. The number of fused-ring (bicyclic) bond motifs is 2. The Hall–Kier alpha value is -8.92. The number of benzene rings is 4. The summed E-state index contributed by atoms with van der Waals surface area (Å²) in [6, 6.07) is 8.54. The van der Waals surface area contributed by atoms with E-state index < -0.39 is 143 Å². The molecule has 3 heterocycles. The fourth-order valence-corrected chi connectivity index (χ4v) is 12.1. The van der Waals surface area contributed by atoms with E-state index in [0.717, 1.165) is 24.3 Å². The lowest BCUT2D eigenvalue weighted by atomic mass is 9.99. The number of carbonyl (C=O) groups excluding carboxylic acids is 10. The Morgan fingerprint density at radius 2 is 0.719 bits per heavy atom. The van der Waals surface area contributed by atoms with E-state index in [1.165, 1.54) is 9.80 Å². The van der Waals surface area contributed by atoms with E-state index in [0.29, 0.717) is 35.4 Å². The standard InChI is InChI=1S/C68H86F6N12O10/c1-39(2)35-49-59(89)81-51(37-41-15-7-5-8-16-41)65(95)85-33-13-21-53(85)61(91)84-56(44-25-29-46(30-26-44)68(72,73)74)64(94)78-48(20-12-32-76)58(88)80-50(36-40(3)4)60(90)82-52(38-42-17-9-6-10-18-42)66(96)86-34-14-22-54(86)62(92)83-55(43-23-27-45(28-24-43)67(69,70)71)63(93)77-47(19-11-31-75)57(87)79-49/h5-10,15-18,23-30,39-40,47-56H,11-14,19-22,31-38,75-76H2,1-4H3,(H,77,93)(H,78,94)(H,79,87)(H,80,88)(H,81,89)(H,82,90)(H,83,92)(H,84,91)/t47-,48-,49-,50-,51+,52+,53-,54-,55-,56-/m0/s1. The minimum atomic E-state index is -4.81. The zero-order valence-corrected chi connectivity index (χ0v) is 54.0. The molecule has 0 unspecified atom stereocenters. The average molecular weight is 1350 g/mol. The van der Waals surface area contributed by atoms with Gasteiger partial charge in [0.1, 0.15) is 60.4 Å². The molecule has 3 fully saturated rings. The number of hydrogen-bond donors (Lipinski definition) is 10. The molecule has 3 aliphatic heterocycles. The first kappa shape index (κ1) is 74.5. The van der Waals surface area contributed by atoms with Crippen LogP contribution in [0.1, 0.15) is 137 Å². The molecular weight excluding hydrogens is 1260 g/mol. The summed E-state index contributed by atoms with van der Waals surface area (Å²) < 4.78 is 84.1. The highest BCUT2D eigenvalue weighted by molar-refractivity contribution is 6.00. The highest BCUT2D eigenvalue weighted by atomic mass is 19.4. The van der Waals surface area contributed by atoms with Crippen LogP contribution >= 0.6 is 0 Å². The van der Waals surface area contributed by atoms with Crippen LogP contribution < -0.4 is 54.0 Å². The molecule has 22 nitrogen and oxygen atoms in total. The lowest BCUT2D eigenvalue weighted by Gasteiger charge is -2.32. The third-order valence-corrected chi connectivity index (χ3v) is 17.1. The molecule has 7 rings (SSSR count). The molecule has 4 aromatic carbocycles. The maximum absolute atomic E-state index is 15.1. The second kappa shape index (κ2) is 34.1. The zero-order valence-electron chi connectivity index (χ0n) is 54.0. The number of rotatable bonds is 16. The molecular formula is C68H86F6N12O10. The number of hydrogen-bond acceptors (Lipinski definition) is 12. The Morgan fingerprint density at radius 3 is 1.03 bits per heavy atom. The molecule has 28 heteroatoms. The van der Waals surface area contributed by atoms with Gasteiger partial charge in [-0.3, -0.25) is 47.9 Å². The molecule has 0 bridgehead atoms. The summed E-state index contributed by atoms with van der Waals surface area (Å²) in [6.07, 6.45) is -9.69. The van der Waals surface area contributed by atoms with Gasteiger partial charge in [-0.05, 0) is 136 Å². The molecule has 0 radical (unpaired) electrons. The molecule has 0 spiro atoms. The van der Waals surface area contributed by atoms with Crippen molar-refractivity contribution in [3.05, 3.63) is 143 Å². The van der Waals surface area contributed by atoms with Gasteiger partial charge in [-0.1, -0.05) is 113 Å². The molecule has 4 aromatic rings. The maximum Gasteiger partial charge on any atom is 0.416 e. The molecule has 0 aliphatic carbocycles. The van der Waals surface area contributed by atoms with E-state index in [9.17, 15) is 64.7 Å². The van der Waals surface area contributed by atoms with Crippen molar-refractivity contribution in [3.8, 4) is 0 Å². The first-order valence-corrected chi connectivity index (χ1v) is 32.4. The molecule has 10 atom stereocenters. The topological polar surface area (TPSA) is 325 Å². The predicted molar refractivity (Wildman–Crippen MR) is 341 cm³/mol. The van der Waals surface area contributed by atoms with Gasteiger partial charge in [0.05, 0.1) is 11.1 Å². The maximum atomic E-state index is 15.1. The van der Waals surface area contributed by atoms with Crippen LogP contribution in [-0.2, 0) is 73.1 Å². The number of amides is 10. The molecule has 0 aromatic heterocycles. The number of nitrogens with two attached hydrogens (primary N) is 2. The number of alkyl halides is 6. The van der Waals surface area contributed by atoms with Gasteiger partial charge in [0, 0.05) is 25.9 Å². The van der Waals surface area contributed by atoms with Crippen molar-refractivity contribution in [2.75, 3.05) is 26.2 Å². The second-order valence-corrected chi connectivity index (χ2v) is 25.4. The predicted octanol–water partition coefficient (Wildman–Crippen LogP) is 4.70. The minimum Gasteiger partial charge on any atom is -0.343 e. The first-order chi connectivity index (χ1) is 45.6. The van der Waals surface area contributed by atoms with Crippen molar-refractivity contribution in [2.24, 2.45) is 23.3 Å². The van der Waals surface area contributed by atoms with Crippen LogP contribution in [0.4, 0.5) is 26.3 Å². The number of nitrogens with one attached hydrogen (secondary N) is 8. The van der Waals surface area contributed by atoms with Crippen molar-refractivity contribution in [1.29, 1.82) is 0 Å². The van der Waals surface area contributed by atoms with Crippen LogP contribution in [-0.4, -0.2) is 143 Å². The van der Waals surface area contributed by atoms with Gasteiger partial charge < -0.3 is 63.8 Å². The summed E-state index contributed by atoms with van der Waals surface area (Å²) in [5.41, 5.74) is 10.5. The molecule has 3 aliphatic rings. The summed E-state index contributed by atoms with van der Waals surface area (Å²) in [7, 11) is 0. The Morgan fingerprint density at radius 1 is 0.406 bits per heavy atom.